The van der Waals surface area contributed by atoms with Crippen molar-refractivity contribution in [3.8, 4) is 11.4 Å². The topological polar surface area (TPSA) is 74.8 Å². The van der Waals surface area contributed by atoms with Crippen molar-refractivity contribution in [2.75, 3.05) is 5.32 Å². The summed E-state index contributed by atoms with van der Waals surface area (Å²) in [7, 11) is 0. The Kier molecular flexibility index (Phi) is 6.03. The lowest BCUT2D eigenvalue weighted by Crippen LogP contribution is -2.14. The van der Waals surface area contributed by atoms with E-state index in [0.717, 1.165) is 22.4 Å². The van der Waals surface area contributed by atoms with Gasteiger partial charge in [-0.15, -0.1) is 0 Å². The molecular weight excluding hydrogens is 386 g/mol. The molecule has 154 valence electrons. The van der Waals surface area contributed by atoms with Crippen molar-refractivity contribution in [2.45, 2.75) is 19.8 Å². The SMILES string of the molecule is CCc1cc(=O)[nH]c(-c2cccc(NC(=O)c3ccccc3Cc3ccccc3)c2)n1. The zero-order valence-electron chi connectivity index (χ0n) is 17.3. The van der Waals surface area contributed by atoms with E-state index in [-0.39, 0.29) is 11.5 Å². The van der Waals surface area contributed by atoms with Crippen LogP contribution in [0.15, 0.2) is 89.7 Å². The molecule has 0 unspecified atom stereocenters. The van der Waals surface area contributed by atoms with Gasteiger partial charge in [0.05, 0.1) is 0 Å². The molecule has 3 aromatic carbocycles. The fourth-order valence-corrected chi connectivity index (χ4v) is 3.48. The first-order valence-corrected chi connectivity index (χ1v) is 10.3. The molecule has 0 aliphatic heterocycles. The summed E-state index contributed by atoms with van der Waals surface area (Å²) < 4.78 is 0. The van der Waals surface area contributed by atoms with Crippen molar-refractivity contribution in [1.82, 2.24) is 9.97 Å². The van der Waals surface area contributed by atoms with Crippen molar-refractivity contribution >= 4 is 11.6 Å². The van der Waals surface area contributed by atoms with Gasteiger partial charge in [0, 0.05) is 28.6 Å². The summed E-state index contributed by atoms with van der Waals surface area (Å²) in [4.78, 5) is 32.2. The van der Waals surface area contributed by atoms with Crippen molar-refractivity contribution < 1.29 is 4.79 Å². The van der Waals surface area contributed by atoms with Crippen LogP contribution in [0, 0.1) is 0 Å². The predicted octanol–water partition coefficient (Wildman–Crippen LogP) is 4.84. The van der Waals surface area contributed by atoms with Crippen molar-refractivity contribution in [3.05, 3.63) is 118 Å². The normalized spacial score (nSPS) is 10.6. The van der Waals surface area contributed by atoms with Crippen LogP contribution < -0.4 is 10.9 Å². The van der Waals surface area contributed by atoms with E-state index in [1.165, 1.54) is 6.07 Å². The van der Waals surface area contributed by atoms with Gasteiger partial charge in [-0.3, -0.25) is 9.59 Å². The average molecular weight is 409 g/mol. The van der Waals surface area contributed by atoms with E-state index in [4.69, 9.17) is 0 Å². The van der Waals surface area contributed by atoms with Gasteiger partial charge in [-0.2, -0.15) is 0 Å². The van der Waals surface area contributed by atoms with Crippen LogP contribution in [0.4, 0.5) is 5.69 Å². The number of carbonyl (C=O) groups excluding carboxylic acids is 1. The second-order valence-electron chi connectivity index (χ2n) is 7.29. The molecule has 5 nitrogen and oxygen atoms in total. The number of amides is 1. The smallest absolute Gasteiger partial charge is 0.255 e. The third-order valence-electron chi connectivity index (χ3n) is 5.05. The number of aromatic amines is 1. The number of aryl methyl sites for hydroxylation is 1. The molecule has 1 heterocycles. The van der Waals surface area contributed by atoms with Crippen LogP contribution in [-0.2, 0) is 12.8 Å². The molecule has 0 saturated heterocycles. The molecule has 0 atom stereocenters. The van der Waals surface area contributed by atoms with Crippen LogP contribution in [0.2, 0.25) is 0 Å². The Morgan fingerprint density at radius 2 is 1.71 bits per heavy atom. The first-order valence-electron chi connectivity index (χ1n) is 10.3. The van der Waals surface area contributed by atoms with Gasteiger partial charge in [0.2, 0.25) is 0 Å². The first-order chi connectivity index (χ1) is 15.1. The molecule has 1 aromatic heterocycles. The molecule has 0 fully saturated rings. The fourth-order valence-electron chi connectivity index (χ4n) is 3.48. The highest BCUT2D eigenvalue weighted by Gasteiger charge is 2.12. The number of rotatable bonds is 6. The molecule has 0 saturated carbocycles. The van der Waals surface area contributed by atoms with E-state index >= 15 is 0 Å². The summed E-state index contributed by atoms with van der Waals surface area (Å²) in [5.41, 5.74) is 4.66. The summed E-state index contributed by atoms with van der Waals surface area (Å²) in [5, 5.41) is 2.98. The summed E-state index contributed by atoms with van der Waals surface area (Å²) >= 11 is 0. The van der Waals surface area contributed by atoms with E-state index in [1.807, 2.05) is 73.7 Å². The first kappa shape index (κ1) is 20.3. The van der Waals surface area contributed by atoms with Gasteiger partial charge < -0.3 is 10.3 Å². The van der Waals surface area contributed by atoms with Gasteiger partial charge in [-0.1, -0.05) is 67.6 Å². The van der Waals surface area contributed by atoms with Crippen molar-refractivity contribution in [1.29, 1.82) is 0 Å². The molecule has 2 N–H and O–H groups in total. The number of anilines is 1. The minimum Gasteiger partial charge on any atom is -0.322 e. The second-order valence-corrected chi connectivity index (χ2v) is 7.29. The van der Waals surface area contributed by atoms with Gasteiger partial charge in [0.15, 0.2) is 0 Å². The Morgan fingerprint density at radius 3 is 2.52 bits per heavy atom. The Bertz CT molecular complexity index is 1260. The van der Waals surface area contributed by atoms with Crippen LogP contribution in [0.1, 0.15) is 34.1 Å². The van der Waals surface area contributed by atoms with Crippen molar-refractivity contribution in [2.24, 2.45) is 0 Å². The van der Waals surface area contributed by atoms with Crippen LogP contribution >= 0.6 is 0 Å². The molecule has 31 heavy (non-hydrogen) atoms. The second kappa shape index (κ2) is 9.22. The van der Waals surface area contributed by atoms with Crippen LogP contribution in [0.25, 0.3) is 11.4 Å². The standard InChI is InChI=1S/C26H23N3O2/c1-2-21-17-24(30)29-25(27-21)20-12-8-13-22(16-20)28-26(31)23-14-7-6-11-19(23)15-18-9-4-3-5-10-18/h3-14,16-17H,2,15H2,1H3,(H,28,31)(H,27,29,30). The summed E-state index contributed by atoms with van der Waals surface area (Å²) in [6.45, 7) is 1.95. The lowest BCUT2D eigenvalue weighted by Gasteiger charge is -2.11. The maximum absolute atomic E-state index is 13.0. The zero-order chi connectivity index (χ0) is 21.6. The third kappa shape index (κ3) is 4.95. The lowest BCUT2D eigenvalue weighted by molar-refractivity contribution is 0.102. The minimum atomic E-state index is -0.189. The molecule has 4 rings (SSSR count). The predicted molar refractivity (Wildman–Crippen MR) is 123 cm³/mol. The number of H-pyrrole nitrogens is 1. The van der Waals surface area contributed by atoms with Gasteiger partial charge in [0.25, 0.3) is 11.5 Å². The molecular formula is C26H23N3O2. The highest BCUT2D eigenvalue weighted by atomic mass is 16.1. The Labute approximate surface area is 180 Å². The number of nitrogens with zero attached hydrogens (tertiary/aromatic N) is 1. The monoisotopic (exact) mass is 409 g/mol. The van der Waals surface area contributed by atoms with Gasteiger partial charge in [-0.25, -0.2) is 4.98 Å². The quantitative estimate of drug-likeness (QED) is 0.478. The Hall–Kier alpha value is -3.99. The van der Waals surface area contributed by atoms with Crippen LogP contribution in [0.3, 0.4) is 0 Å². The van der Waals surface area contributed by atoms with Crippen LogP contribution in [0.5, 0.6) is 0 Å². The number of aromatic nitrogens is 2. The molecule has 0 spiro atoms. The molecule has 4 aromatic rings. The van der Waals surface area contributed by atoms with Crippen LogP contribution in [-0.4, -0.2) is 15.9 Å². The highest BCUT2D eigenvalue weighted by Crippen LogP contribution is 2.21. The van der Waals surface area contributed by atoms with E-state index < -0.39 is 0 Å². The van der Waals surface area contributed by atoms with Gasteiger partial charge >= 0.3 is 0 Å². The molecule has 5 heteroatoms. The van der Waals surface area contributed by atoms with Gasteiger partial charge in [-0.05, 0) is 42.2 Å². The molecule has 1 amide bonds. The van der Waals surface area contributed by atoms with E-state index in [9.17, 15) is 9.59 Å². The average Bonchev–Trinajstić information content (AvgIpc) is 2.80. The van der Waals surface area contributed by atoms with E-state index in [1.54, 1.807) is 0 Å². The van der Waals surface area contributed by atoms with Crippen molar-refractivity contribution in [3.63, 3.8) is 0 Å². The molecule has 0 bridgehead atoms. The van der Waals surface area contributed by atoms with E-state index in [0.29, 0.717) is 29.9 Å². The number of hydrogen-bond acceptors (Lipinski definition) is 3. The van der Waals surface area contributed by atoms with E-state index in [2.05, 4.69) is 27.4 Å². The number of nitrogens with one attached hydrogen (secondary N) is 2. The highest BCUT2D eigenvalue weighted by molar-refractivity contribution is 6.05. The molecule has 0 radical (unpaired) electrons. The number of carbonyl (C=O) groups is 1. The summed E-state index contributed by atoms with van der Waals surface area (Å²) in [6, 6.07) is 26.5. The number of benzene rings is 3. The van der Waals surface area contributed by atoms with Gasteiger partial charge in [0.1, 0.15) is 5.82 Å². The maximum atomic E-state index is 13.0. The largest absolute Gasteiger partial charge is 0.322 e. The zero-order valence-corrected chi connectivity index (χ0v) is 17.3. The summed E-state index contributed by atoms with van der Waals surface area (Å²) in [6.07, 6.45) is 1.35. The molecule has 0 aliphatic rings. The third-order valence-corrected chi connectivity index (χ3v) is 5.05. The Morgan fingerprint density at radius 1 is 0.935 bits per heavy atom. The summed E-state index contributed by atoms with van der Waals surface area (Å²) in [5.74, 6) is 0.317. The minimum absolute atomic E-state index is 0.174. The molecule has 0 aliphatic carbocycles. The fraction of sp³-hybridized carbons (Fsp3) is 0.115. The Balaban J connectivity index is 1.58. The number of hydrogen-bond donors (Lipinski definition) is 2. The maximum Gasteiger partial charge on any atom is 0.255 e. The lowest BCUT2D eigenvalue weighted by atomic mass is 9.99.